The molecule has 128 valence electrons. The molecule has 6 heteroatoms. The highest BCUT2D eigenvalue weighted by Crippen LogP contribution is 2.29. The standard InChI is InChI=1S/C18H23N3O3/c1-22-14-6-4-5-13(11-14)18-19-17(24-20-18)12-21-9-10-23-16-8-3-2-7-15(16)21/h4-6,11,15-16H,2-3,7-10,12H2,1H3. The molecular weight excluding hydrogens is 306 g/mol. The second kappa shape index (κ2) is 6.91. The first-order chi connectivity index (χ1) is 11.8. The molecule has 2 heterocycles. The normalized spacial score (nSPS) is 24.5. The van der Waals surface area contributed by atoms with Gasteiger partial charge in [-0.2, -0.15) is 4.98 Å². The molecule has 2 aliphatic rings. The van der Waals surface area contributed by atoms with E-state index in [9.17, 15) is 0 Å². The van der Waals surface area contributed by atoms with Crippen molar-refractivity contribution in [3.05, 3.63) is 30.2 Å². The molecule has 2 aromatic rings. The van der Waals surface area contributed by atoms with Crippen LogP contribution in [0.25, 0.3) is 11.4 Å². The van der Waals surface area contributed by atoms with E-state index in [-0.39, 0.29) is 0 Å². The number of aromatic nitrogens is 2. The zero-order chi connectivity index (χ0) is 16.4. The molecule has 2 unspecified atom stereocenters. The van der Waals surface area contributed by atoms with Crippen molar-refractivity contribution in [2.45, 2.75) is 44.4 Å². The summed E-state index contributed by atoms with van der Waals surface area (Å²) in [4.78, 5) is 7.01. The van der Waals surface area contributed by atoms with E-state index in [0.717, 1.165) is 24.5 Å². The molecule has 24 heavy (non-hydrogen) atoms. The molecule has 1 aromatic carbocycles. The van der Waals surface area contributed by atoms with Crippen LogP contribution in [0.1, 0.15) is 31.6 Å². The largest absolute Gasteiger partial charge is 0.497 e. The Morgan fingerprint density at radius 3 is 3.12 bits per heavy atom. The monoisotopic (exact) mass is 329 g/mol. The van der Waals surface area contributed by atoms with Gasteiger partial charge in [-0.25, -0.2) is 0 Å². The van der Waals surface area contributed by atoms with Gasteiger partial charge < -0.3 is 14.0 Å². The van der Waals surface area contributed by atoms with Gasteiger partial charge in [0.05, 0.1) is 26.4 Å². The lowest BCUT2D eigenvalue weighted by atomic mass is 9.90. The van der Waals surface area contributed by atoms with Crippen molar-refractivity contribution in [3.63, 3.8) is 0 Å². The molecule has 1 aliphatic heterocycles. The van der Waals surface area contributed by atoms with Gasteiger partial charge in [-0.15, -0.1) is 0 Å². The molecular formula is C18H23N3O3. The fourth-order valence-corrected chi connectivity index (χ4v) is 3.75. The van der Waals surface area contributed by atoms with Crippen LogP contribution in [-0.4, -0.2) is 47.4 Å². The Morgan fingerprint density at radius 1 is 1.29 bits per heavy atom. The van der Waals surface area contributed by atoms with Gasteiger partial charge in [-0.1, -0.05) is 30.1 Å². The smallest absolute Gasteiger partial charge is 0.241 e. The van der Waals surface area contributed by atoms with Crippen molar-refractivity contribution < 1.29 is 14.0 Å². The Bertz CT molecular complexity index is 686. The highest BCUT2D eigenvalue weighted by atomic mass is 16.5. The van der Waals surface area contributed by atoms with Gasteiger partial charge in [0.1, 0.15) is 5.75 Å². The number of rotatable bonds is 4. The minimum Gasteiger partial charge on any atom is -0.497 e. The molecule has 0 bridgehead atoms. The summed E-state index contributed by atoms with van der Waals surface area (Å²) in [5.74, 6) is 2.06. The third kappa shape index (κ3) is 3.16. The van der Waals surface area contributed by atoms with E-state index in [4.69, 9.17) is 14.0 Å². The molecule has 1 aliphatic carbocycles. The zero-order valence-corrected chi connectivity index (χ0v) is 14.0. The maximum absolute atomic E-state index is 5.93. The van der Waals surface area contributed by atoms with Gasteiger partial charge >= 0.3 is 0 Å². The number of hydrogen-bond acceptors (Lipinski definition) is 6. The predicted octanol–water partition coefficient (Wildman–Crippen LogP) is 2.89. The third-order valence-corrected chi connectivity index (χ3v) is 4.98. The molecule has 1 aromatic heterocycles. The summed E-state index contributed by atoms with van der Waals surface area (Å²) in [7, 11) is 1.65. The Balaban J connectivity index is 1.48. The minimum atomic E-state index is 0.369. The molecule has 1 saturated carbocycles. The Kier molecular flexibility index (Phi) is 4.49. The Morgan fingerprint density at radius 2 is 2.21 bits per heavy atom. The van der Waals surface area contributed by atoms with Crippen molar-refractivity contribution in [1.29, 1.82) is 0 Å². The molecule has 6 nitrogen and oxygen atoms in total. The molecule has 0 radical (unpaired) electrons. The number of benzene rings is 1. The number of fused-ring (bicyclic) bond motifs is 1. The quantitative estimate of drug-likeness (QED) is 0.859. The Labute approximate surface area is 141 Å². The van der Waals surface area contributed by atoms with Crippen molar-refractivity contribution >= 4 is 0 Å². The van der Waals surface area contributed by atoms with Crippen LogP contribution < -0.4 is 4.74 Å². The number of methoxy groups -OCH3 is 1. The molecule has 4 rings (SSSR count). The lowest BCUT2D eigenvalue weighted by Crippen LogP contribution is -2.52. The van der Waals surface area contributed by atoms with E-state index in [2.05, 4.69) is 15.0 Å². The van der Waals surface area contributed by atoms with Crippen LogP contribution in [0.3, 0.4) is 0 Å². The van der Waals surface area contributed by atoms with Crippen molar-refractivity contribution in [2.24, 2.45) is 0 Å². The number of hydrogen-bond donors (Lipinski definition) is 0. The van der Waals surface area contributed by atoms with Gasteiger partial charge in [-0.05, 0) is 25.0 Å². The van der Waals surface area contributed by atoms with Crippen LogP contribution in [0.15, 0.2) is 28.8 Å². The van der Waals surface area contributed by atoms with Gasteiger partial charge in [0, 0.05) is 18.2 Å². The molecule has 2 fully saturated rings. The predicted molar refractivity (Wildman–Crippen MR) is 88.7 cm³/mol. The highest BCUT2D eigenvalue weighted by Gasteiger charge is 2.34. The van der Waals surface area contributed by atoms with E-state index in [1.165, 1.54) is 25.7 Å². The average Bonchev–Trinajstić information content (AvgIpc) is 3.11. The van der Waals surface area contributed by atoms with E-state index in [1.54, 1.807) is 7.11 Å². The fraction of sp³-hybridized carbons (Fsp3) is 0.556. The Hall–Kier alpha value is -1.92. The van der Waals surface area contributed by atoms with Gasteiger partial charge in [-0.3, -0.25) is 4.90 Å². The van der Waals surface area contributed by atoms with E-state index >= 15 is 0 Å². The van der Waals surface area contributed by atoms with E-state index in [0.29, 0.717) is 30.4 Å². The number of morpholine rings is 1. The lowest BCUT2D eigenvalue weighted by Gasteiger charge is -2.43. The first kappa shape index (κ1) is 15.6. The topological polar surface area (TPSA) is 60.6 Å². The number of ether oxygens (including phenoxy) is 2. The van der Waals surface area contributed by atoms with Crippen molar-refractivity contribution in [3.8, 4) is 17.1 Å². The van der Waals surface area contributed by atoms with Crippen molar-refractivity contribution in [2.75, 3.05) is 20.3 Å². The molecule has 1 saturated heterocycles. The molecule has 2 atom stereocenters. The van der Waals surface area contributed by atoms with Crippen LogP contribution in [0.5, 0.6) is 5.75 Å². The average molecular weight is 329 g/mol. The number of nitrogens with zero attached hydrogens (tertiary/aromatic N) is 3. The summed E-state index contributed by atoms with van der Waals surface area (Å²) in [5, 5.41) is 4.13. The van der Waals surface area contributed by atoms with Crippen LogP contribution in [0.4, 0.5) is 0 Å². The maximum Gasteiger partial charge on any atom is 0.241 e. The summed E-state index contributed by atoms with van der Waals surface area (Å²) in [6.45, 7) is 2.41. The summed E-state index contributed by atoms with van der Waals surface area (Å²) >= 11 is 0. The van der Waals surface area contributed by atoms with Crippen LogP contribution in [0.2, 0.25) is 0 Å². The summed E-state index contributed by atoms with van der Waals surface area (Å²) in [6, 6.07) is 8.20. The second-order valence-corrected chi connectivity index (χ2v) is 6.48. The van der Waals surface area contributed by atoms with Crippen LogP contribution >= 0.6 is 0 Å². The summed E-state index contributed by atoms with van der Waals surface area (Å²) in [6.07, 6.45) is 5.28. The first-order valence-electron chi connectivity index (χ1n) is 8.66. The minimum absolute atomic E-state index is 0.369. The SMILES string of the molecule is COc1cccc(-c2noc(CN3CCOC4CCCCC43)n2)c1. The van der Waals surface area contributed by atoms with Gasteiger partial charge in [0.15, 0.2) is 0 Å². The molecule has 0 spiro atoms. The van der Waals surface area contributed by atoms with Gasteiger partial charge in [0.25, 0.3) is 0 Å². The maximum atomic E-state index is 5.93. The van der Waals surface area contributed by atoms with Crippen LogP contribution in [-0.2, 0) is 11.3 Å². The molecule has 0 amide bonds. The summed E-state index contributed by atoms with van der Waals surface area (Å²) < 4.78 is 16.7. The first-order valence-corrected chi connectivity index (χ1v) is 8.66. The highest BCUT2D eigenvalue weighted by molar-refractivity contribution is 5.56. The fourth-order valence-electron chi connectivity index (χ4n) is 3.75. The molecule has 0 N–H and O–H groups in total. The van der Waals surface area contributed by atoms with Gasteiger partial charge in [0.2, 0.25) is 11.7 Å². The third-order valence-electron chi connectivity index (χ3n) is 4.98. The summed E-state index contributed by atoms with van der Waals surface area (Å²) in [5.41, 5.74) is 0.905. The van der Waals surface area contributed by atoms with Crippen LogP contribution in [0, 0.1) is 0 Å². The van der Waals surface area contributed by atoms with Crippen molar-refractivity contribution in [1.82, 2.24) is 15.0 Å². The second-order valence-electron chi connectivity index (χ2n) is 6.48. The lowest BCUT2D eigenvalue weighted by molar-refractivity contribution is -0.0933. The van der Waals surface area contributed by atoms with E-state index in [1.807, 2.05) is 24.3 Å². The van der Waals surface area contributed by atoms with E-state index < -0.39 is 0 Å². The zero-order valence-electron chi connectivity index (χ0n) is 14.0.